The Morgan fingerprint density at radius 1 is 1.21 bits per heavy atom. The van der Waals surface area contributed by atoms with E-state index in [1.165, 1.54) is 11.3 Å². The van der Waals surface area contributed by atoms with Gasteiger partial charge in [-0.2, -0.15) is 0 Å². The Labute approximate surface area is 173 Å². The van der Waals surface area contributed by atoms with Crippen molar-refractivity contribution in [3.63, 3.8) is 0 Å². The van der Waals surface area contributed by atoms with Crippen LogP contribution < -0.4 is 5.32 Å². The molecule has 1 aromatic carbocycles. The van der Waals surface area contributed by atoms with Crippen molar-refractivity contribution in [1.29, 1.82) is 0 Å². The zero-order valence-corrected chi connectivity index (χ0v) is 17.3. The molecular weight excluding hydrogens is 388 g/mol. The lowest BCUT2D eigenvalue weighted by molar-refractivity contribution is -0.153. The van der Waals surface area contributed by atoms with Gasteiger partial charge >= 0.3 is 0 Å². The van der Waals surface area contributed by atoms with Crippen LogP contribution in [0.25, 0.3) is 22.0 Å². The van der Waals surface area contributed by atoms with Gasteiger partial charge in [0.2, 0.25) is 0 Å². The van der Waals surface area contributed by atoms with Crippen LogP contribution in [0.2, 0.25) is 0 Å². The van der Waals surface area contributed by atoms with E-state index in [0.29, 0.717) is 41.1 Å². The molecule has 0 aliphatic carbocycles. The molecule has 3 aromatic rings. The molecule has 0 spiro atoms. The first kappa shape index (κ1) is 19.8. The number of nitrogens with one attached hydrogen (secondary N) is 1. The van der Waals surface area contributed by atoms with E-state index in [1.54, 1.807) is 6.26 Å². The number of hydrogen-bond acceptors (Lipinski definition) is 6. The van der Waals surface area contributed by atoms with Crippen molar-refractivity contribution in [3.8, 4) is 22.0 Å². The molecule has 1 atom stereocenters. The molecule has 7 heteroatoms. The number of carbonyl (C=O) groups excluding carboxylic acids is 1. The van der Waals surface area contributed by atoms with Crippen LogP contribution in [-0.2, 0) is 9.47 Å². The maximum Gasteiger partial charge on any atom is 0.263 e. The van der Waals surface area contributed by atoms with Gasteiger partial charge in [0.25, 0.3) is 5.91 Å². The van der Waals surface area contributed by atoms with Crippen LogP contribution in [-0.4, -0.2) is 36.4 Å². The Bertz CT molecular complexity index is 947. The van der Waals surface area contributed by atoms with E-state index in [9.17, 15) is 4.79 Å². The number of hydrogen-bond donors (Lipinski definition) is 1. The molecule has 4 rings (SSSR count). The van der Waals surface area contributed by atoms with E-state index in [2.05, 4.69) is 17.2 Å². The lowest BCUT2D eigenvalue weighted by Crippen LogP contribution is -2.34. The lowest BCUT2D eigenvalue weighted by atomic mass is 10.0. The highest BCUT2D eigenvalue weighted by Gasteiger charge is 2.32. The molecule has 0 bridgehead atoms. The monoisotopic (exact) mass is 412 g/mol. The topological polar surface area (TPSA) is 73.6 Å². The van der Waals surface area contributed by atoms with Crippen LogP contribution in [0.3, 0.4) is 0 Å². The first-order valence-electron chi connectivity index (χ1n) is 9.70. The normalized spacial score (nSPS) is 16.6. The molecule has 0 radical (unpaired) electrons. The smallest absolute Gasteiger partial charge is 0.263 e. The zero-order chi connectivity index (χ0) is 20.3. The fraction of sp³-hybridized carbons (Fsp3) is 0.364. The molecule has 152 valence electrons. The minimum absolute atomic E-state index is 0.135. The second-order valence-corrected chi connectivity index (χ2v) is 8.39. The average Bonchev–Trinajstić information content (AvgIpc) is 3.47. The minimum atomic E-state index is -0.559. The summed E-state index contributed by atoms with van der Waals surface area (Å²) in [6.07, 6.45) is 2.33. The largest absolute Gasteiger partial charge is 0.462 e. The van der Waals surface area contributed by atoms with E-state index >= 15 is 0 Å². The van der Waals surface area contributed by atoms with Gasteiger partial charge in [-0.3, -0.25) is 4.79 Å². The first-order chi connectivity index (χ1) is 14.0. The maximum absolute atomic E-state index is 13.0. The Hall–Kier alpha value is -2.48. The molecule has 1 saturated heterocycles. The molecule has 3 heterocycles. The van der Waals surface area contributed by atoms with Crippen molar-refractivity contribution in [2.45, 2.75) is 26.1 Å². The van der Waals surface area contributed by atoms with Gasteiger partial charge in [-0.25, -0.2) is 4.98 Å². The Balaban J connectivity index is 1.51. The molecule has 29 heavy (non-hydrogen) atoms. The molecule has 1 fully saturated rings. The number of rotatable bonds is 7. The third-order valence-corrected chi connectivity index (χ3v) is 5.91. The fourth-order valence-electron chi connectivity index (χ4n) is 3.50. The van der Waals surface area contributed by atoms with Crippen LogP contribution in [0.1, 0.15) is 29.9 Å². The summed E-state index contributed by atoms with van der Waals surface area (Å²) in [4.78, 5) is 18.3. The summed E-state index contributed by atoms with van der Waals surface area (Å²) in [5.74, 6) is 0.170. The first-order valence-corrected chi connectivity index (χ1v) is 10.5. The zero-order valence-electron chi connectivity index (χ0n) is 16.5. The van der Waals surface area contributed by atoms with Crippen LogP contribution in [0.15, 0.2) is 53.1 Å². The van der Waals surface area contributed by atoms with E-state index in [-0.39, 0.29) is 11.8 Å². The summed E-state index contributed by atoms with van der Waals surface area (Å²) in [7, 11) is 0. The van der Waals surface area contributed by atoms with Gasteiger partial charge in [0.05, 0.1) is 25.2 Å². The van der Waals surface area contributed by atoms with Crippen LogP contribution in [0.4, 0.5) is 0 Å². The number of furan rings is 1. The predicted molar refractivity (Wildman–Crippen MR) is 112 cm³/mol. The SMILES string of the molecule is CC(CNC(=O)c1sc(-c2ccco2)nc1-c1ccccc1)CC1(C)OCCO1. The number of ether oxygens (including phenoxy) is 2. The Kier molecular flexibility index (Phi) is 5.80. The number of benzene rings is 1. The number of aromatic nitrogens is 1. The van der Waals surface area contributed by atoms with Crippen molar-refractivity contribution in [2.75, 3.05) is 19.8 Å². The minimum Gasteiger partial charge on any atom is -0.462 e. The molecular formula is C22H24N2O4S. The number of nitrogens with zero attached hydrogens (tertiary/aromatic N) is 1. The summed E-state index contributed by atoms with van der Waals surface area (Å²) in [6, 6.07) is 13.4. The third-order valence-electron chi connectivity index (χ3n) is 4.84. The second-order valence-electron chi connectivity index (χ2n) is 7.39. The van der Waals surface area contributed by atoms with Gasteiger partial charge in [-0.15, -0.1) is 11.3 Å². The Morgan fingerprint density at radius 2 is 1.97 bits per heavy atom. The summed E-state index contributed by atoms with van der Waals surface area (Å²) in [5.41, 5.74) is 1.57. The van der Waals surface area contributed by atoms with Gasteiger partial charge in [0.1, 0.15) is 4.88 Å². The van der Waals surface area contributed by atoms with Gasteiger partial charge in [0, 0.05) is 18.5 Å². The van der Waals surface area contributed by atoms with E-state index in [4.69, 9.17) is 13.9 Å². The van der Waals surface area contributed by atoms with Gasteiger partial charge in [-0.1, -0.05) is 37.3 Å². The molecule has 1 amide bonds. The summed E-state index contributed by atoms with van der Waals surface area (Å²) in [5, 5.41) is 3.74. The molecule has 1 N–H and O–H groups in total. The highest BCUT2D eigenvalue weighted by Crippen LogP contribution is 2.34. The van der Waals surface area contributed by atoms with Crippen LogP contribution in [0.5, 0.6) is 0 Å². The van der Waals surface area contributed by atoms with Gasteiger partial charge < -0.3 is 19.2 Å². The standard InChI is InChI=1S/C22H24N2O4S/c1-15(13-22(2)27-11-12-28-22)14-23-20(25)19-18(16-7-4-3-5-8-16)24-21(29-19)17-9-6-10-26-17/h3-10,15H,11-14H2,1-2H3,(H,23,25). The second kappa shape index (κ2) is 8.49. The van der Waals surface area contributed by atoms with Crippen molar-refractivity contribution in [2.24, 2.45) is 5.92 Å². The Morgan fingerprint density at radius 3 is 2.66 bits per heavy atom. The van der Waals surface area contributed by atoms with Crippen molar-refractivity contribution in [3.05, 3.63) is 53.6 Å². The van der Waals surface area contributed by atoms with Crippen molar-refractivity contribution in [1.82, 2.24) is 10.3 Å². The molecule has 1 unspecified atom stereocenters. The van der Waals surface area contributed by atoms with Crippen LogP contribution >= 0.6 is 11.3 Å². The third kappa shape index (κ3) is 4.58. The summed E-state index contributed by atoms with van der Waals surface area (Å²) < 4.78 is 16.8. The fourth-order valence-corrected chi connectivity index (χ4v) is 4.47. The van der Waals surface area contributed by atoms with E-state index < -0.39 is 5.79 Å². The van der Waals surface area contributed by atoms with Gasteiger partial charge in [-0.05, 0) is 25.0 Å². The highest BCUT2D eigenvalue weighted by atomic mass is 32.1. The van der Waals surface area contributed by atoms with Crippen molar-refractivity contribution >= 4 is 17.2 Å². The molecule has 1 aliphatic heterocycles. The van der Waals surface area contributed by atoms with E-state index in [0.717, 1.165) is 12.0 Å². The maximum atomic E-state index is 13.0. The number of thiazole rings is 1. The summed E-state index contributed by atoms with van der Waals surface area (Å²) in [6.45, 7) is 5.79. The average molecular weight is 413 g/mol. The number of amides is 1. The lowest BCUT2D eigenvalue weighted by Gasteiger charge is -2.25. The van der Waals surface area contributed by atoms with E-state index in [1.807, 2.05) is 49.4 Å². The predicted octanol–water partition coefficient (Wildman–Crippen LogP) is 4.59. The highest BCUT2D eigenvalue weighted by molar-refractivity contribution is 7.17. The molecule has 1 aliphatic rings. The molecule has 0 saturated carbocycles. The quantitative estimate of drug-likeness (QED) is 0.614. The summed E-state index contributed by atoms with van der Waals surface area (Å²) >= 11 is 1.34. The number of carbonyl (C=O) groups is 1. The van der Waals surface area contributed by atoms with Crippen molar-refractivity contribution < 1.29 is 18.7 Å². The molecule has 6 nitrogen and oxygen atoms in total. The van der Waals surface area contributed by atoms with Crippen LogP contribution in [0, 0.1) is 5.92 Å². The van der Waals surface area contributed by atoms with Gasteiger partial charge in [0.15, 0.2) is 16.6 Å². The molecule has 2 aromatic heterocycles.